The van der Waals surface area contributed by atoms with Crippen LogP contribution in [0.3, 0.4) is 0 Å². The van der Waals surface area contributed by atoms with Gasteiger partial charge in [0.25, 0.3) is 0 Å². The molecule has 1 aromatic rings. The highest BCUT2D eigenvalue weighted by Crippen LogP contribution is 2.40. The van der Waals surface area contributed by atoms with E-state index < -0.39 is 5.60 Å². The number of hydrogen-bond acceptors (Lipinski definition) is 2. The van der Waals surface area contributed by atoms with Crippen molar-refractivity contribution in [2.24, 2.45) is 0 Å². The van der Waals surface area contributed by atoms with E-state index in [0.29, 0.717) is 18.5 Å². The van der Waals surface area contributed by atoms with Crippen molar-refractivity contribution in [3.63, 3.8) is 0 Å². The molecule has 0 spiro atoms. The molecule has 2 rings (SSSR count). The SMILES string of the molecule is CC(C)(O)CNC1CC1c1ccccc1. The molecule has 1 aliphatic carbocycles. The molecule has 0 heterocycles. The van der Waals surface area contributed by atoms with Crippen molar-refractivity contribution in [2.75, 3.05) is 6.54 Å². The van der Waals surface area contributed by atoms with Gasteiger partial charge in [-0.3, -0.25) is 0 Å². The van der Waals surface area contributed by atoms with Crippen LogP contribution in [0.4, 0.5) is 0 Å². The van der Waals surface area contributed by atoms with Crippen LogP contribution in [0.1, 0.15) is 31.7 Å². The zero-order valence-corrected chi connectivity index (χ0v) is 9.40. The van der Waals surface area contributed by atoms with Crippen LogP contribution in [-0.2, 0) is 0 Å². The van der Waals surface area contributed by atoms with E-state index in [4.69, 9.17) is 0 Å². The average molecular weight is 205 g/mol. The largest absolute Gasteiger partial charge is 0.389 e. The Hall–Kier alpha value is -0.860. The highest BCUT2D eigenvalue weighted by atomic mass is 16.3. The minimum Gasteiger partial charge on any atom is -0.389 e. The lowest BCUT2D eigenvalue weighted by Crippen LogP contribution is -2.36. The molecule has 15 heavy (non-hydrogen) atoms. The molecule has 0 aliphatic heterocycles. The number of hydrogen-bond donors (Lipinski definition) is 2. The smallest absolute Gasteiger partial charge is 0.0715 e. The Balaban J connectivity index is 1.82. The minimum absolute atomic E-state index is 0.554. The molecule has 0 amide bonds. The van der Waals surface area contributed by atoms with E-state index in [0.717, 1.165) is 0 Å². The molecule has 2 nitrogen and oxygen atoms in total. The maximum Gasteiger partial charge on any atom is 0.0715 e. The van der Waals surface area contributed by atoms with Crippen LogP contribution in [0.5, 0.6) is 0 Å². The van der Waals surface area contributed by atoms with Crippen LogP contribution >= 0.6 is 0 Å². The van der Waals surface area contributed by atoms with E-state index in [1.807, 2.05) is 19.9 Å². The van der Waals surface area contributed by atoms with Gasteiger partial charge in [0.15, 0.2) is 0 Å². The molecule has 1 aliphatic rings. The first-order valence-electron chi connectivity index (χ1n) is 5.57. The molecule has 2 unspecified atom stereocenters. The molecule has 1 fully saturated rings. The molecule has 1 saturated carbocycles. The lowest BCUT2D eigenvalue weighted by atomic mass is 10.1. The van der Waals surface area contributed by atoms with Gasteiger partial charge in [-0.1, -0.05) is 30.3 Å². The fourth-order valence-corrected chi connectivity index (χ4v) is 1.87. The van der Waals surface area contributed by atoms with E-state index in [-0.39, 0.29) is 0 Å². The monoisotopic (exact) mass is 205 g/mol. The number of benzene rings is 1. The lowest BCUT2D eigenvalue weighted by molar-refractivity contribution is 0.0793. The molecular weight excluding hydrogens is 186 g/mol. The molecular formula is C13H19NO. The molecule has 82 valence electrons. The van der Waals surface area contributed by atoms with Crippen molar-refractivity contribution in [3.05, 3.63) is 35.9 Å². The van der Waals surface area contributed by atoms with Gasteiger partial charge in [0.2, 0.25) is 0 Å². The molecule has 2 heteroatoms. The Morgan fingerprint density at radius 2 is 2.00 bits per heavy atom. The number of rotatable bonds is 4. The molecule has 0 saturated heterocycles. The van der Waals surface area contributed by atoms with Crippen molar-refractivity contribution >= 4 is 0 Å². The van der Waals surface area contributed by atoms with Gasteiger partial charge in [0.1, 0.15) is 0 Å². The predicted molar refractivity (Wildman–Crippen MR) is 61.9 cm³/mol. The topological polar surface area (TPSA) is 32.3 Å². The van der Waals surface area contributed by atoms with Crippen LogP contribution in [0.25, 0.3) is 0 Å². The van der Waals surface area contributed by atoms with Gasteiger partial charge in [-0.05, 0) is 25.8 Å². The molecule has 0 bridgehead atoms. The summed E-state index contributed by atoms with van der Waals surface area (Å²) >= 11 is 0. The lowest BCUT2D eigenvalue weighted by Gasteiger charge is -2.17. The second-order valence-electron chi connectivity index (χ2n) is 5.05. The molecule has 2 N–H and O–H groups in total. The summed E-state index contributed by atoms with van der Waals surface area (Å²) in [7, 11) is 0. The zero-order chi connectivity index (χ0) is 10.9. The van der Waals surface area contributed by atoms with Gasteiger partial charge in [0, 0.05) is 18.5 Å². The van der Waals surface area contributed by atoms with Gasteiger partial charge in [-0.25, -0.2) is 0 Å². The van der Waals surface area contributed by atoms with Gasteiger partial charge < -0.3 is 10.4 Å². The summed E-state index contributed by atoms with van der Waals surface area (Å²) in [6, 6.07) is 11.1. The first-order chi connectivity index (χ1) is 7.06. The van der Waals surface area contributed by atoms with Crippen LogP contribution in [0.15, 0.2) is 30.3 Å². The fourth-order valence-electron chi connectivity index (χ4n) is 1.87. The van der Waals surface area contributed by atoms with Crippen molar-refractivity contribution in [2.45, 2.75) is 37.8 Å². The fraction of sp³-hybridized carbons (Fsp3) is 0.538. The molecule has 0 radical (unpaired) electrons. The zero-order valence-electron chi connectivity index (χ0n) is 9.40. The summed E-state index contributed by atoms with van der Waals surface area (Å²) < 4.78 is 0. The van der Waals surface area contributed by atoms with Gasteiger partial charge in [-0.15, -0.1) is 0 Å². The highest BCUT2D eigenvalue weighted by molar-refractivity contribution is 5.27. The second-order valence-corrected chi connectivity index (χ2v) is 5.05. The van der Waals surface area contributed by atoms with Crippen LogP contribution in [0, 0.1) is 0 Å². The Morgan fingerprint density at radius 1 is 1.33 bits per heavy atom. The third-order valence-corrected chi connectivity index (χ3v) is 2.82. The van der Waals surface area contributed by atoms with Crippen LogP contribution < -0.4 is 5.32 Å². The standard InChI is InChI=1S/C13H19NO/c1-13(2,15)9-14-12-8-11(12)10-6-4-3-5-7-10/h3-7,11-12,14-15H,8-9H2,1-2H3. The number of nitrogens with one attached hydrogen (secondary N) is 1. The van der Waals surface area contributed by atoms with Crippen LogP contribution in [0.2, 0.25) is 0 Å². The van der Waals surface area contributed by atoms with Gasteiger partial charge in [-0.2, -0.15) is 0 Å². The van der Waals surface area contributed by atoms with E-state index >= 15 is 0 Å². The Morgan fingerprint density at radius 3 is 2.60 bits per heavy atom. The summed E-state index contributed by atoms with van der Waals surface area (Å²) in [4.78, 5) is 0. The molecule has 0 aromatic heterocycles. The second kappa shape index (κ2) is 3.95. The molecule has 1 aromatic carbocycles. The van der Waals surface area contributed by atoms with Crippen molar-refractivity contribution in [1.29, 1.82) is 0 Å². The summed E-state index contributed by atoms with van der Waals surface area (Å²) in [5.74, 6) is 0.647. The average Bonchev–Trinajstić information content (AvgIpc) is 2.94. The number of aliphatic hydroxyl groups is 1. The quantitative estimate of drug-likeness (QED) is 0.787. The van der Waals surface area contributed by atoms with E-state index in [9.17, 15) is 5.11 Å². The highest BCUT2D eigenvalue weighted by Gasteiger charge is 2.38. The van der Waals surface area contributed by atoms with Crippen molar-refractivity contribution < 1.29 is 5.11 Å². The Bertz CT molecular complexity index is 315. The van der Waals surface area contributed by atoms with Gasteiger partial charge in [0.05, 0.1) is 5.60 Å². The van der Waals surface area contributed by atoms with E-state index in [1.165, 1.54) is 12.0 Å². The summed E-state index contributed by atoms with van der Waals surface area (Å²) in [5.41, 5.74) is 0.801. The maximum absolute atomic E-state index is 9.59. The van der Waals surface area contributed by atoms with E-state index in [2.05, 4.69) is 29.6 Å². The summed E-state index contributed by atoms with van der Waals surface area (Å²) in [6.45, 7) is 4.33. The minimum atomic E-state index is -0.607. The Labute approximate surface area is 91.3 Å². The third kappa shape index (κ3) is 3.05. The molecule has 2 atom stereocenters. The summed E-state index contributed by atoms with van der Waals surface area (Å²) in [6.07, 6.45) is 1.19. The third-order valence-electron chi connectivity index (χ3n) is 2.82. The normalized spacial score (nSPS) is 25.3. The van der Waals surface area contributed by atoms with Crippen molar-refractivity contribution in [3.8, 4) is 0 Å². The maximum atomic E-state index is 9.59. The summed E-state index contributed by atoms with van der Waals surface area (Å²) in [5, 5.41) is 13.0. The van der Waals surface area contributed by atoms with Crippen LogP contribution in [-0.4, -0.2) is 23.3 Å². The van der Waals surface area contributed by atoms with Crippen molar-refractivity contribution in [1.82, 2.24) is 5.32 Å². The first kappa shape index (κ1) is 10.7. The predicted octanol–water partition coefficient (Wildman–Crippen LogP) is 1.90. The van der Waals surface area contributed by atoms with E-state index in [1.54, 1.807) is 0 Å². The Kier molecular flexibility index (Phi) is 2.81. The van der Waals surface area contributed by atoms with Gasteiger partial charge >= 0.3 is 0 Å². The first-order valence-corrected chi connectivity index (χ1v) is 5.57.